The van der Waals surface area contributed by atoms with Gasteiger partial charge in [0.15, 0.2) is 0 Å². The van der Waals surface area contributed by atoms with Crippen LogP contribution in [0, 0.1) is 0 Å². The minimum atomic E-state index is 0.238. The molecule has 0 aliphatic carbocycles. The maximum absolute atomic E-state index is 4.97. The highest BCUT2D eigenvalue weighted by atomic mass is 16.7. The molecule has 55 valence electrons. The molecular formula is C7H16NO. The highest BCUT2D eigenvalue weighted by Crippen LogP contribution is 1.87. The van der Waals surface area contributed by atoms with E-state index in [1.807, 2.05) is 13.8 Å². The standard InChI is InChI=1S/C7H16NO/c1-4-5-6-8-9-7(2)3/h7H,4-6H2,1-3H3. The monoisotopic (exact) mass is 130 g/mol. The van der Waals surface area contributed by atoms with Gasteiger partial charge in [-0.05, 0) is 20.3 Å². The fourth-order valence-electron chi connectivity index (χ4n) is 0.424. The molecule has 0 atom stereocenters. The molecule has 2 heteroatoms. The predicted molar refractivity (Wildman–Crippen MR) is 38.1 cm³/mol. The molecule has 0 spiro atoms. The molecule has 0 aromatic carbocycles. The van der Waals surface area contributed by atoms with E-state index in [-0.39, 0.29) is 6.10 Å². The molecule has 1 radical (unpaired) electrons. The second-order valence-corrected chi connectivity index (χ2v) is 2.36. The first kappa shape index (κ1) is 8.92. The normalized spacial score (nSPS) is 10.7. The summed E-state index contributed by atoms with van der Waals surface area (Å²) in [7, 11) is 0. The molecule has 0 aromatic rings. The minimum Gasteiger partial charge on any atom is -0.279 e. The summed E-state index contributed by atoms with van der Waals surface area (Å²) in [6.07, 6.45) is 2.55. The highest BCUT2D eigenvalue weighted by molar-refractivity contribution is 4.35. The topological polar surface area (TPSA) is 23.3 Å². The van der Waals surface area contributed by atoms with Crippen LogP contribution in [0.5, 0.6) is 0 Å². The molecule has 0 aliphatic heterocycles. The second-order valence-electron chi connectivity index (χ2n) is 2.36. The third-order valence-corrected chi connectivity index (χ3v) is 0.888. The average Bonchev–Trinajstić information content (AvgIpc) is 1.80. The fraction of sp³-hybridized carbons (Fsp3) is 1.00. The Morgan fingerprint density at radius 1 is 1.44 bits per heavy atom. The van der Waals surface area contributed by atoms with E-state index in [0.29, 0.717) is 0 Å². The van der Waals surface area contributed by atoms with E-state index >= 15 is 0 Å². The molecule has 0 bridgehead atoms. The van der Waals surface area contributed by atoms with Gasteiger partial charge < -0.3 is 0 Å². The van der Waals surface area contributed by atoms with Crippen LogP contribution in [-0.2, 0) is 4.84 Å². The van der Waals surface area contributed by atoms with Crippen LogP contribution >= 0.6 is 0 Å². The summed E-state index contributed by atoms with van der Waals surface area (Å²) in [5.74, 6) is 0. The van der Waals surface area contributed by atoms with Gasteiger partial charge in [0.1, 0.15) is 0 Å². The third kappa shape index (κ3) is 7.92. The molecule has 0 saturated heterocycles. The van der Waals surface area contributed by atoms with E-state index in [9.17, 15) is 0 Å². The molecular weight excluding hydrogens is 114 g/mol. The zero-order chi connectivity index (χ0) is 7.11. The Balaban J connectivity index is 2.75. The lowest BCUT2D eigenvalue weighted by Gasteiger charge is -2.03. The van der Waals surface area contributed by atoms with Crippen LogP contribution in [-0.4, -0.2) is 12.6 Å². The Hall–Kier alpha value is -0.0800. The molecule has 0 fully saturated rings. The Kier molecular flexibility index (Phi) is 5.99. The number of unbranched alkanes of at least 4 members (excludes halogenated alkanes) is 1. The molecule has 0 rings (SSSR count). The van der Waals surface area contributed by atoms with E-state index in [0.717, 1.165) is 13.0 Å². The third-order valence-electron chi connectivity index (χ3n) is 0.888. The first-order valence-electron chi connectivity index (χ1n) is 3.60. The second kappa shape index (κ2) is 6.05. The first-order chi connectivity index (χ1) is 4.27. The van der Waals surface area contributed by atoms with Gasteiger partial charge in [0.25, 0.3) is 0 Å². The van der Waals surface area contributed by atoms with Crippen molar-refractivity contribution in [1.82, 2.24) is 5.48 Å². The van der Waals surface area contributed by atoms with Crippen molar-refractivity contribution < 1.29 is 4.84 Å². The summed E-state index contributed by atoms with van der Waals surface area (Å²) >= 11 is 0. The Bertz CT molecular complexity index is 54.9. The molecule has 9 heavy (non-hydrogen) atoms. The van der Waals surface area contributed by atoms with Gasteiger partial charge in [0, 0.05) is 6.54 Å². The van der Waals surface area contributed by atoms with Gasteiger partial charge in [0.2, 0.25) is 0 Å². The average molecular weight is 130 g/mol. The van der Waals surface area contributed by atoms with Crippen LogP contribution in [0.2, 0.25) is 0 Å². The van der Waals surface area contributed by atoms with E-state index in [1.165, 1.54) is 6.42 Å². The summed E-state index contributed by atoms with van der Waals surface area (Å²) < 4.78 is 0. The quantitative estimate of drug-likeness (QED) is 0.410. The van der Waals surface area contributed by atoms with E-state index in [2.05, 4.69) is 12.4 Å². The number of hydroxylamine groups is 1. The van der Waals surface area contributed by atoms with E-state index < -0.39 is 0 Å². The van der Waals surface area contributed by atoms with Crippen LogP contribution in [0.25, 0.3) is 0 Å². The van der Waals surface area contributed by atoms with Gasteiger partial charge in [-0.3, -0.25) is 4.84 Å². The summed E-state index contributed by atoms with van der Waals surface area (Å²) in [6.45, 7) is 6.95. The van der Waals surface area contributed by atoms with Crippen molar-refractivity contribution in [3.05, 3.63) is 0 Å². The summed E-state index contributed by atoms with van der Waals surface area (Å²) in [6, 6.07) is 0. The highest BCUT2D eigenvalue weighted by Gasteiger charge is 1.91. The summed E-state index contributed by atoms with van der Waals surface area (Å²) in [4.78, 5) is 4.97. The van der Waals surface area contributed by atoms with Crippen LogP contribution in [0.1, 0.15) is 33.6 Å². The zero-order valence-electron chi connectivity index (χ0n) is 6.55. The van der Waals surface area contributed by atoms with Crippen LogP contribution < -0.4 is 5.48 Å². The molecule has 2 nitrogen and oxygen atoms in total. The van der Waals surface area contributed by atoms with Crippen molar-refractivity contribution in [2.75, 3.05) is 6.54 Å². The van der Waals surface area contributed by atoms with Gasteiger partial charge in [-0.2, -0.15) is 0 Å². The van der Waals surface area contributed by atoms with Crippen LogP contribution in [0.4, 0.5) is 0 Å². The number of nitrogens with zero attached hydrogens (tertiary/aromatic N) is 1. The largest absolute Gasteiger partial charge is 0.279 e. The zero-order valence-corrected chi connectivity index (χ0v) is 6.55. The van der Waals surface area contributed by atoms with E-state index in [1.54, 1.807) is 0 Å². The van der Waals surface area contributed by atoms with Gasteiger partial charge in [0.05, 0.1) is 6.10 Å². The Labute approximate surface area is 57.5 Å². The number of hydrogen-bond acceptors (Lipinski definition) is 1. The Morgan fingerprint density at radius 2 is 2.11 bits per heavy atom. The van der Waals surface area contributed by atoms with Gasteiger partial charge in [-0.25, -0.2) is 0 Å². The van der Waals surface area contributed by atoms with Crippen LogP contribution in [0.3, 0.4) is 0 Å². The molecule has 0 aliphatic rings. The van der Waals surface area contributed by atoms with Gasteiger partial charge >= 0.3 is 0 Å². The molecule has 0 saturated carbocycles. The molecule has 0 aromatic heterocycles. The van der Waals surface area contributed by atoms with Gasteiger partial charge in [-0.15, -0.1) is 0 Å². The fourth-order valence-corrected chi connectivity index (χ4v) is 0.424. The lowest BCUT2D eigenvalue weighted by Crippen LogP contribution is -2.13. The van der Waals surface area contributed by atoms with Crippen molar-refractivity contribution in [2.45, 2.75) is 39.7 Å². The van der Waals surface area contributed by atoms with Crippen LogP contribution in [0.15, 0.2) is 0 Å². The van der Waals surface area contributed by atoms with E-state index in [4.69, 9.17) is 4.84 Å². The molecule has 0 unspecified atom stereocenters. The lowest BCUT2D eigenvalue weighted by molar-refractivity contribution is -0.0125. The molecule has 0 amide bonds. The van der Waals surface area contributed by atoms with Gasteiger partial charge in [-0.1, -0.05) is 18.8 Å². The lowest BCUT2D eigenvalue weighted by atomic mass is 10.3. The summed E-state index contributed by atoms with van der Waals surface area (Å²) in [5.41, 5.74) is 3.86. The molecule has 0 N–H and O–H groups in total. The van der Waals surface area contributed by atoms with Crippen molar-refractivity contribution in [1.29, 1.82) is 0 Å². The smallest absolute Gasteiger partial charge is 0.0754 e. The maximum Gasteiger partial charge on any atom is 0.0754 e. The minimum absolute atomic E-state index is 0.238. The Morgan fingerprint density at radius 3 is 2.56 bits per heavy atom. The molecule has 0 heterocycles. The SMILES string of the molecule is CCCC[N]OC(C)C. The first-order valence-corrected chi connectivity index (χ1v) is 3.60. The van der Waals surface area contributed by atoms with Crippen molar-refractivity contribution in [3.8, 4) is 0 Å². The van der Waals surface area contributed by atoms with Crippen molar-refractivity contribution >= 4 is 0 Å². The number of rotatable bonds is 5. The number of hydrogen-bond donors (Lipinski definition) is 0. The van der Waals surface area contributed by atoms with Crippen molar-refractivity contribution in [3.63, 3.8) is 0 Å². The van der Waals surface area contributed by atoms with Crippen molar-refractivity contribution in [2.24, 2.45) is 0 Å². The maximum atomic E-state index is 4.97. The summed E-state index contributed by atoms with van der Waals surface area (Å²) in [5, 5.41) is 0. The predicted octanol–water partition coefficient (Wildman–Crippen LogP) is 1.73.